The molecule has 1 aromatic heterocycles. The third-order valence-corrected chi connectivity index (χ3v) is 2.63. The molecule has 0 amide bonds. The minimum absolute atomic E-state index is 0.265. The molecule has 15 heavy (non-hydrogen) atoms. The molecule has 0 aromatic carbocycles. The Morgan fingerprint density at radius 1 is 1.60 bits per heavy atom. The van der Waals surface area contributed by atoms with Gasteiger partial charge < -0.3 is 14.6 Å². The van der Waals surface area contributed by atoms with Crippen molar-refractivity contribution in [1.82, 2.24) is 14.9 Å². The Hall–Kier alpha value is -0.870. The molecular weight excluding hydrogens is 190 g/mol. The maximum atomic E-state index is 5.59. The van der Waals surface area contributed by atoms with Crippen LogP contribution in [0.4, 0.5) is 0 Å². The molecule has 4 heteroatoms. The van der Waals surface area contributed by atoms with E-state index in [4.69, 9.17) is 4.74 Å². The Morgan fingerprint density at radius 2 is 2.47 bits per heavy atom. The zero-order valence-electron chi connectivity index (χ0n) is 9.49. The van der Waals surface area contributed by atoms with E-state index in [-0.39, 0.29) is 6.10 Å². The van der Waals surface area contributed by atoms with Crippen molar-refractivity contribution in [2.24, 2.45) is 0 Å². The molecule has 2 rings (SSSR count). The number of hydrogen-bond acceptors (Lipinski definition) is 3. The van der Waals surface area contributed by atoms with E-state index in [1.54, 1.807) is 0 Å². The van der Waals surface area contributed by atoms with Gasteiger partial charge in [0, 0.05) is 13.1 Å². The minimum atomic E-state index is 0.265. The molecule has 0 saturated carbocycles. The van der Waals surface area contributed by atoms with Crippen molar-refractivity contribution < 1.29 is 4.74 Å². The average molecular weight is 209 g/mol. The highest BCUT2D eigenvalue weighted by molar-refractivity contribution is 5.13. The lowest BCUT2D eigenvalue weighted by Gasteiger charge is -2.08. The van der Waals surface area contributed by atoms with Crippen LogP contribution in [0, 0.1) is 0 Å². The van der Waals surface area contributed by atoms with E-state index in [1.807, 2.05) is 20.2 Å². The van der Waals surface area contributed by atoms with Gasteiger partial charge in [0.2, 0.25) is 0 Å². The SMILES string of the molecule is CC(C)OCc1ncn2c1CNCCC2. The first-order valence-electron chi connectivity index (χ1n) is 5.62. The predicted molar refractivity (Wildman–Crippen MR) is 58.5 cm³/mol. The molecule has 1 aliphatic rings. The first-order valence-corrected chi connectivity index (χ1v) is 5.62. The summed E-state index contributed by atoms with van der Waals surface area (Å²) in [6.45, 7) is 7.79. The first-order chi connectivity index (χ1) is 7.27. The van der Waals surface area contributed by atoms with Crippen LogP contribution in [-0.2, 0) is 24.4 Å². The van der Waals surface area contributed by atoms with Crippen LogP contribution >= 0.6 is 0 Å². The largest absolute Gasteiger partial charge is 0.372 e. The van der Waals surface area contributed by atoms with Crippen molar-refractivity contribution in [3.05, 3.63) is 17.7 Å². The Balaban J connectivity index is 2.08. The molecule has 1 aromatic rings. The number of ether oxygens (including phenoxy) is 1. The van der Waals surface area contributed by atoms with Gasteiger partial charge in [-0.1, -0.05) is 0 Å². The lowest BCUT2D eigenvalue weighted by molar-refractivity contribution is 0.0632. The van der Waals surface area contributed by atoms with Crippen LogP contribution in [0.5, 0.6) is 0 Å². The van der Waals surface area contributed by atoms with Gasteiger partial charge in [0.15, 0.2) is 0 Å². The zero-order chi connectivity index (χ0) is 10.7. The standard InChI is InChI=1S/C11H19N3O/c1-9(2)15-7-10-11-6-12-4-3-5-14(11)8-13-10/h8-9,12H,3-7H2,1-2H3. The Morgan fingerprint density at radius 3 is 3.27 bits per heavy atom. The number of fused-ring (bicyclic) bond motifs is 1. The van der Waals surface area contributed by atoms with Crippen LogP contribution in [0.2, 0.25) is 0 Å². The fraction of sp³-hybridized carbons (Fsp3) is 0.727. The topological polar surface area (TPSA) is 39.1 Å². The highest BCUT2D eigenvalue weighted by Gasteiger charge is 2.13. The third-order valence-electron chi connectivity index (χ3n) is 2.63. The maximum absolute atomic E-state index is 5.59. The second kappa shape index (κ2) is 4.77. The van der Waals surface area contributed by atoms with E-state index in [0.717, 1.165) is 25.3 Å². The molecule has 1 aliphatic heterocycles. The molecule has 0 fully saturated rings. The van der Waals surface area contributed by atoms with Crippen LogP contribution < -0.4 is 5.32 Å². The molecule has 0 spiro atoms. The molecule has 0 aliphatic carbocycles. The molecule has 0 bridgehead atoms. The van der Waals surface area contributed by atoms with E-state index >= 15 is 0 Å². The molecular formula is C11H19N3O. The number of hydrogen-bond donors (Lipinski definition) is 1. The van der Waals surface area contributed by atoms with Gasteiger partial charge in [-0.3, -0.25) is 0 Å². The van der Waals surface area contributed by atoms with Crippen molar-refractivity contribution in [2.45, 2.75) is 46.1 Å². The molecule has 4 nitrogen and oxygen atoms in total. The van der Waals surface area contributed by atoms with Crippen LogP contribution in [0.15, 0.2) is 6.33 Å². The van der Waals surface area contributed by atoms with E-state index in [2.05, 4.69) is 14.9 Å². The van der Waals surface area contributed by atoms with Crippen LogP contribution in [-0.4, -0.2) is 22.2 Å². The number of nitrogens with zero attached hydrogens (tertiary/aromatic N) is 2. The maximum Gasteiger partial charge on any atom is 0.0953 e. The van der Waals surface area contributed by atoms with Crippen LogP contribution in [0.1, 0.15) is 31.7 Å². The third kappa shape index (κ3) is 2.58. The summed E-state index contributed by atoms with van der Waals surface area (Å²) in [4.78, 5) is 4.41. The molecule has 2 heterocycles. The average Bonchev–Trinajstić information content (AvgIpc) is 2.44. The van der Waals surface area contributed by atoms with Crippen molar-refractivity contribution >= 4 is 0 Å². The summed E-state index contributed by atoms with van der Waals surface area (Å²) in [6.07, 6.45) is 3.37. The van der Waals surface area contributed by atoms with E-state index in [0.29, 0.717) is 6.61 Å². The Bertz CT molecular complexity index is 320. The van der Waals surface area contributed by atoms with Gasteiger partial charge in [0.1, 0.15) is 0 Å². The minimum Gasteiger partial charge on any atom is -0.372 e. The van der Waals surface area contributed by atoms with Crippen LogP contribution in [0.25, 0.3) is 0 Å². The van der Waals surface area contributed by atoms with Crippen molar-refractivity contribution in [3.8, 4) is 0 Å². The molecule has 84 valence electrons. The summed E-state index contributed by atoms with van der Waals surface area (Å²) in [6, 6.07) is 0. The summed E-state index contributed by atoms with van der Waals surface area (Å²) in [7, 11) is 0. The lowest BCUT2D eigenvalue weighted by Crippen LogP contribution is -2.14. The molecule has 0 saturated heterocycles. The van der Waals surface area contributed by atoms with Gasteiger partial charge >= 0.3 is 0 Å². The summed E-state index contributed by atoms with van der Waals surface area (Å²) < 4.78 is 7.82. The number of aryl methyl sites for hydroxylation is 1. The van der Waals surface area contributed by atoms with Gasteiger partial charge in [-0.05, 0) is 26.8 Å². The number of aromatic nitrogens is 2. The lowest BCUT2D eigenvalue weighted by atomic mass is 10.3. The zero-order valence-corrected chi connectivity index (χ0v) is 9.49. The Labute approximate surface area is 90.6 Å². The second-order valence-corrected chi connectivity index (χ2v) is 4.22. The summed E-state index contributed by atoms with van der Waals surface area (Å²) in [5.74, 6) is 0. The fourth-order valence-corrected chi connectivity index (χ4v) is 1.79. The summed E-state index contributed by atoms with van der Waals surface area (Å²) in [5, 5.41) is 3.40. The fourth-order valence-electron chi connectivity index (χ4n) is 1.79. The van der Waals surface area contributed by atoms with Gasteiger partial charge in [-0.15, -0.1) is 0 Å². The van der Waals surface area contributed by atoms with Gasteiger partial charge in [-0.25, -0.2) is 4.98 Å². The van der Waals surface area contributed by atoms with E-state index in [9.17, 15) is 0 Å². The smallest absolute Gasteiger partial charge is 0.0953 e. The summed E-state index contributed by atoms with van der Waals surface area (Å²) >= 11 is 0. The van der Waals surface area contributed by atoms with Gasteiger partial charge in [-0.2, -0.15) is 0 Å². The molecule has 0 radical (unpaired) electrons. The predicted octanol–water partition coefficient (Wildman–Crippen LogP) is 1.30. The van der Waals surface area contributed by atoms with E-state index in [1.165, 1.54) is 12.1 Å². The highest BCUT2D eigenvalue weighted by atomic mass is 16.5. The number of imidazole rings is 1. The van der Waals surface area contributed by atoms with Gasteiger partial charge in [0.25, 0.3) is 0 Å². The molecule has 0 atom stereocenters. The van der Waals surface area contributed by atoms with Crippen molar-refractivity contribution in [1.29, 1.82) is 0 Å². The molecule has 0 unspecified atom stereocenters. The van der Waals surface area contributed by atoms with Crippen LogP contribution in [0.3, 0.4) is 0 Å². The van der Waals surface area contributed by atoms with Crippen molar-refractivity contribution in [2.75, 3.05) is 6.54 Å². The Kier molecular flexibility index (Phi) is 3.38. The van der Waals surface area contributed by atoms with E-state index < -0.39 is 0 Å². The van der Waals surface area contributed by atoms with Gasteiger partial charge in [0.05, 0.1) is 30.4 Å². The monoisotopic (exact) mass is 209 g/mol. The number of nitrogens with one attached hydrogen (secondary N) is 1. The highest BCUT2D eigenvalue weighted by Crippen LogP contribution is 2.12. The second-order valence-electron chi connectivity index (χ2n) is 4.22. The first kappa shape index (κ1) is 10.6. The normalized spacial score (nSPS) is 16.5. The number of rotatable bonds is 3. The molecule has 1 N–H and O–H groups in total. The quantitative estimate of drug-likeness (QED) is 0.815. The van der Waals surface area contributed by atoms with Crippen molar-refractivity contribution in [3.63, 3.8) is 0 Å². The summed E-state index contributed by atoms with van der Waals surface area (Å²) in [5.41, 5.74) is 2.37.